The van der Waals surface area contributed by atoms with Crippen LogP contribution in [0.15, 0.2) is 48.8 Å². The lowest BCUT2D eigenvalue weighted by Crippen LogP contribution is -2.19. The number of halogens is 1. The van der Waals surface area contributed by atoms with Crippen molar-refractivity contribution in [3.8, 4) is 11.3 Å². The molecule has 0 radical (unpaired) electrons. The summed E-state index contributed by atoms with van der Waals surface area (Å²) in [6.07, 6.45) is 4.17. The molecule has 0 saturated heterocycles. The Labute approximate surface area is 147 Å². The highest BCUT2D eigenvalue weighted by Crippen LogP contribution is 2.22. The van der Waals surface area contributed by atoms with Gasteiger partial charge in [0, 0.05) is 49.1 Å². The minimum absolute atomic E-state index is 0.988. The number of aryl methyl sites for hydroxylation is 1. The molecule has 22 heavy (non-hydrogen) atoms. The second-order valence-corrected chi connectivity index (χ2v) is 7.87. The zero-order valence-electron chi connectivity index (χ0n) is 12.7. The fraction of sp³-hybridized carbons (Fsp3) is 0.235. The van der Waals surface area contributed by atoms with Gasteiger partial charge in [0.15, 0.2) is 0 Å². The number of fused-ring (bicyclic) bond motifs is 1. The van der Waals surface area contributed by atoms with Crippen LogP contribution in [0.25, 0.3) is 16.9 Å². The number of pyridine rings is 1. The molecule has 114 valence electrons. The third-order valence-corrected chi connectivity index (χ3v) is 5.39. The van der Waals surface area contributed by atoms with Gasteiger partial charge < -0.3 is 9.30 Å². The minimum atomic E-state index is 0.988. The number of imidazole rings is 1. The average Bonchev–Trinajstić information content (AvgIpc) is 2.96. The summed E-state index contributed by atoms with van der Waals surface area (Å²) < 4.78 is 2.08. The SMILES string of the molecule is Cc1ccc(-c2cn3ccc(N(C)CCSI)cc3n2)cc1. The molecular weight excluding hydrogens is 405 g/mol. The van der Waals surface area contributed by atoms with Crippen molar-refractivity contribution in [2.75, 3.05) is 24.2 Å². The molecule has 1 aromatic carbocycles. The van der Waals surface area contributed by atoms with Crippen molar-refractivity contribution in [2.24, 2.45) is 0 Å². The summed E-state index contributed by atoms with van der Waals surface area (Å²) in [5.74, 6) is 1.12. The van der Waals surface area contributed by atoms with E-state index in [-0.39, 0.29) is 0 Å². The van der Waals surface area contributed by atoms with Gasteiger partial charge in [0.05, 0.1) is 5.69 Å². The first-order chi connectivity index (χ1) is 10.7. The first kappa shape index (κ1) is 15.7. The van der Waals surface area contributed by atoms with E-state index in [9.17, 15) is 0 Å². The number of rotatable bonds is 5. The Bertz CT molecular complexity index is 767. The second-order valence-electron chi connectivity index (χ2n) is 5.38. The molecule has 0 aliphatic rings. The largest absolute Gasteiger partial charge is 0.374 e. The third kappa shape index (κ3) is 3.41. The van der Waals surface area contributed by atoms with Gasteiger partial charge in [-0.15, -0.1) is 0 Å². The molecule has 0 aliphatic heterocycles. The molecule has 0 spiro atoms. The van der Waals surface area contributed by atoms with Crippen LogP contribution in [0, 0.1) is 6.92 Å². The molecule has 0 bridgehead atoms. The van der Waals surface area contributed by atoms with E-state index in [1.165, 1.54) is 11.3 Å². The van der Waals surface area contributed by atoms with Crippen LogP contribution in [0.2, 0.25) is 0 Å². The molecule has 2 aromatic heterocycles. The van der Waals surface area contributed by atoms with E-state index < -0.39 is 0 Å². The Kier molecular flexibility index (Phi) is 4.93. The maximum Gasteiger partial charge on any atom is 0.139 e. The molecule has 3 rings (SSSR count). The predicted molar refractivity (Wildman–Crippen MR) is 105 cm³/mol. The van der Waals surface area contributed by atoms with Gasteiger partial charge in [-0.05, 0) is 34.2 Å². The maximum absolute atomic E-state index is 4.77. The van der Waals surface area contributed by atoms with Gasteiger partial charge >= 0.3 is 0 Å². The minimum Gasteiger partial charge on any atom is -0.374 e. The number of benzene rings is 1. The Morgan fingerprint density at radius 3 is 2.73 bits per heavy atom. The lowest BCUT2D eigenvalue weighted by Gasteiger charge is -2.18. The first-order valence-corrected chi connectivity index (χ1v) is 10.7. The van der Waals surface area contributed by atoms with Gasteiger partial charge in [-0.3, -0.25) is 0 Å². The highest BCUT2D eigenvalue weighted by molar-refractivity contribution is 14.2. The topological polar surface area (TPSA) is 20.5 Å². The quantitative estimate of drug-likeness (QED) is 0.549. The monoisotopic (exact) mass is 423 g/mol. The smallest absolute Gasteiger partial charge is 0.139 e. The summed E-state index contributed by atoms with van der Waals surface area (Å²) in [4.78, 5) is 7.04. The molecule has 0 amide bonds. The molecule has 0 fully saturated rings. The molecule has 0 atom stereocenters. The van der Waals surface area contributed by atoms with E-state index in [0.717, 1.165) is 29.2 Å². The molecule has 3 nitrogen and oxygen atoms in total. The molecule has 0 N–H and O–H groups in total. The van der Waals surface area contributed by atoms with Crippen LogP contribution in [0.5, 0.6) is 0 Å². The fourth-order valence-corrected chi connectivity index (χ4v) is 3.31. The Morgan fingerprint density at radius 1 is 1.23 bits per heavy atom. The molecule has 0 unspecified atom stereocenters. The summed E-state index contributed by atoms with van der Waals surface area (Å²) in [6.45, 7) is 3.14. The van der Waals surface area contributed by atoms with Crippen LogP contribution in [0.1, 0.15) is 5.56 Å². The molecule has 0 saturated carbocycles. The average molecular weight is 423 g/mol. The lowest BCUT2D eigenvalue weighted by atomic mass is 10.1. The molecule has 0 aliphatic carbocycles. The van der Waals surface area contributed by atoms with Crippen molar-refractivity contribution in [3.05, 3.63) is 54.4 Å². The number of aromatic nitrogens is 2. The fourth-order valence-electron chi connectivity index (χ4n) is 2.37. The van der Waals surface area contributed by atoms with E-state index >= 15 is 0 Å². The second kappa shape index (κ2) is 6.91. The van der Waals surface area contributed by atoms with E-state index in [1.54, 1.807) is 0 Å². The number of hydrogen-bond acceptors (Lipinski definition) is 3. The Morgan fingerprint density at radius 2 is 2.00 bits per heavy atom. The van der Waals surface area contributed by atoms with E-state index in [4.69, 9.17) is 4.98 Å². The van der Waals surface area contributed by atoms with Crippen LogP contribution in [0.3, 0.4) is 0 Å². The highest BCUT2D eigenvalue weighted by Gasteiger charge is 2.07. The summed E-state index contributed by atoms with van der Waals surface area (Å²) in [6, 6.07) is 12.8. The maximum atomic E-state index is 4.77. The summed E-state index contributed by atoms with van der Waals surface area (Å²) >= 11 is 2.34. The Balaban J connectivity index is 1.91. The standard InChI is InChI=1S/C17H18IN3S/c1-13-3-5-14(6-4-13)16-12-21-8-7-15(11-17(21)19-16)20(2)9-10-22-18/h3-8,11-12H,9-10H2,1-2H3. The number of anilines is 1. The van der Waals surface area contributed by atoms with Crippen LogP contribution in [-0.4, -0.2) is 28.7 Å². The first-order valence-electron chi connectivity index (χ1n) is 7.18. The molecule has 5 heteroatoms. The van der Waals surface area contributed by atoms with Crippen LogP contribution >= 0.6 is 30.1 Å². The van der Waals surface area contributed by atoms with Crippen molar-refractivity contribution in [1.29, 1.82) is 0 Å². The predicted octanol–water partition coefficient (Wildman–Crippen LogP) is 4.83. The Hall–Kier alpha value is -1.21. The van der Waals surface area contributed by atoms with Crippen LogP contribution < -0.4 is 4.90 Å². The molecule has 2 heterocycles. The summed E-state index contributed by atoms with van der Waals surface area (Å²) in [7, 11) is 3.97. The van der Waals surface area contributed by atoms with Gasteiger partial charge in [0.1, 0.15) is 5.65 Å². The van der Waals surface area contributed by atoms with Crippen molar-refractivity contribution in [1.82, 2.24) is 9.38 Å². The number of hydrogen-bond donors (Lipinski definition) is 0. The summed E-state index contributed by atoms with van der Waals surface area (Å²) in [5.41, 5.74) is 5.64. The van der Waals surface area contributed by atoms with E-state index in [2.05, 4.69) is 93.3 Å². The zero-order chi connectivity index (χ0) is 15.5. The van der Waals surface area contributed by atoms with Gasteiger partial charge in [-0.2, -0.15) is 0 Å². The van der Waals surface area contributed by atoms with Gasteiger partial charge in [0.25, 0.3) is 0 Å². The van der Waals surface area contributed by atoms with E-state index in [0.29, 0.717) is 0 Å². The van der Waals surface area contributed by atoms with Crippen LogP contribution in [-0.2, 0) is 0 Å². The normalized spacial score (nSPS) is 11.0. The van der Waals surface area contributed by atoms with Crippen molar-refractivity contribution >= 4 is 41.5 Å². The van der Waals surface area contributed by atoms with Crippen LogP contribution in [0.4, 0.5) is 5.69 Å². The third-order valence-electron chi connectivity index (χ3n) is 3.74. The van der Waals surface area contributed by atoms with E-state index in [1.807, 2.05) is 8.93 Å². The summed E-state index contributed by atoms with van der Waals surface area (Å²) in [5, 5.41) is 0. The highest BCUT2D eigenvalue weighted by atomic mass is 127. The van der Waals surface area contributed by atoms with Crippen molar-refractivity contribution in [3.63, 3.8) is 0 Å². The van der Waals surface area contributed by atoms with Gasteiger partial charge in [-0.1, -0.05) is 38.8 Å². The van der Waals surface area contributed by atoms with Gasteiger partial charge in [0.2, 0.25) is 0 Å². The lowest BCUT2D eigenvalue weighted by molar-refractivity contribution is 0.975. The van der Waals surface area contributed by atoms with Crippen molar-refractivity contribution < 1.29 is 0 Å². The van der Waals surface area contributed by atoms with Gasteiger partial charge in [-0.25, -0.2) is 4.98 Å². The van der Waals surface area contributed by atoms with Crippen molar-refractivity contribution in [2.45, 2.75) is 6.92 Å². The number of nitrogens with zero attached hydrogens (tertiary/aromatic N) is 3. The molecular formula is C17H18IN3S. The zero-order valence-corrected chi connectivity index (χ0v) is 15.6. The molecule has 3 aromatic rings.